The van der Waals surface area contributed by atoms with E-state index in [0.29, 0.717) is 25.2 Å². The minimum atomic E-state index is -0.0962. The fourth-order valence-electron chi connectivity index (χ4n) is 3.99. The lowest BCUT2D eigenvalue weighted by Crippen LogP contribution is -2.47. The number of ketones is 1. The smallest absolute Gasteiger partial charge is 0.222 e. The second-order valence-electron chi connectivity index (χ2n) is 8.36. The van der Waals surface area contributed by atoms with Crippen LogP contribution >= 0.6 is 0 Å². The topological polar surface area (TPSA) is 79.1 Å². The minimum Gasteiger partial charge on any atom is -0.489 e. The molecule has 2 saturated heterocycles. The maximum Gasteiger partial charge on any atom is 0.222 e. The van der Waals surface area contributed by atoms with Gasteiger partial charge in [0.05, 0.1) is 18.3 Å². The van der Waals surface area contributed by atoms with Gasteiger partial charge in [-0.1, -0.05) is 12.1 Å². The largest absolute Gasteiger partial charge is 0.489 e. The first-order valence-electron chi connectivity index (χ1n) is 10.9. The Bertz CT molecular complexity index is 769. The summed E-state index contributed by atoms with van der Waals surface area (Å²) in [6.45, 7) is 8.93. The lowest BCUT2D eigenvalue weighted by molar-refractivity contribution is -0.136. The van der Waals surface area contributed by atoms with Crippen molar-refractivity contribution in [2.24, 2.45) is 5.73 Å². The summed E-state index contributed by atoms with van der Waals surface area (Å²) in [5.41, 5.74) is 7.81. The molecule has 1 aromatic carbocycles. The highest BCUT2D eigenvalue weighted by molar-refractivity contribution is 5.94. The number of carbonyl (C=O) groups is 2. The van der Waals surface area contributed by atoms with E-state index in [0.717, 1.165) is 50.5 Å². The van der Waals surface area contributed by atoms with Gasteiger partial charge in [0.15, 0.2) is 5.78 Å². The molecule has 2 fully saturated rings. The number of ether oxygens (including phenoxy) is 1. The Kier molecular flexibility index (Phi) is 7.74. The molecular weight excluding hydrogens is 380 g/mol. The molecule has 0 saturated carbocycles. The fraction of sp³-hybridized carbons (Fsp3) is 0.565. The zero-order valence-corrected chi connectivity index (χ0v) is 18.2. The van der Waals surface area contributed by atoms with E-state index in [1.165, 1.54) is 6.08 Å². The molecule has 0 unspecified atom stereocenters. The van der Waals surface area contributed by atoms with E-state index in [2.05, 4.69) is 15.9 Å². The molecule has 30 heavy (non-hydrogen) atoms. The van der Waals surface area contributed by atoms with Crippen LogP contribution in [0.2, 0.25) is 0 Å². The number of nitrogens with two attached hydrogens (primary N) is 1. The second-order valence-corrected chi connectivity index (χ2v) is 8.36. The molecule has 0 atom stereocenters. The number of likely N-dealkylation sites (tertiary alicyclic amines) is 1. The molecule has 2 aliphatic heterocycles. The van der Waals surface area contributed by atoms with Crippen molar-refractivity contribution in [3.63, 3.8) is 0 Å². The molecule has 1 aromatic rings. The molecule has 0 aromatic heterocycles. The van der Waals surface area contributed by atoms with Gasteiger partial charge in [-0.2, -0.15) is 0 Å². The van der Waals surface area contributed by atoms with Gasteiger partial charge in [0.1, 0.15) is 5.75 Å². The van der Waals surface area contributed by atoms with Gasteiger partial charge < -0.3 is 20.3 Å². The highest BCUT2D eigenvalue weighted by Crippen LogP contribution is 2.29. The summed E-state index contributed by atoms with van der Waals surface area (Å²) in [5, 5.41) is 0. The Hall–Kier alpha value is -2.54. The Balaban J connectivity index is 1.49. The van der Waals surface area contributed by atoms with E-state index in [1.54, 1.807) is 4.90 Å². The lowest BCUT2D eigenvalue weighted by Gasteiger charge is -2.37. The number of nitrogens with zero attached hydrogens (tertiary/aromatic N) is 3. The molecule has 0 aliphatic carbocycles. The van der Waals surface area contributed by atoms with Crippen LogP contribution in [-0.2, 0) is 9.59 Å². The van der Waals surface area contributed by atoms with E-state index in [9.17, 15) is 9.59 Å². The average molecular weight is 415 g/mol. The number of piperidine rings is 1. The van der Waals surface area contributed by atoms with Crippen molar-refractivity contribution >= 4 is 17.4 Å². The van der Waals surface area contributed by atoms with Crippen LogP contribution in [0.3, 0.4) is 0 Å². The Labute approximate surface area is 179 Å². The third-order valence-corrected chi connectivity index (χ3v) is 5.46. The van der Waals surface area contributed by atoms with Crippen LogP contribution in [0.4, 0.5) is 5.69 Å². The van der Waals surface area contributed by atoms with Gasteiger partial charge in [-0.05, 0) is 38.8 Å². The molecule has 2 aliphatic rings. The number of benzene rings is 1. The minimum absolute atomic E-state index is 0.0689. The summed E-state index contributed by atoms with van der Waals surface area (Å²) in [4.78, 5) is 30.4. The van der Waals surface area contributed by atoms with Crippen molar-refractivity contribution in [3.8, 4) is 5.75 Å². The number of amides is 1. The van der Waals surface area contributed by atoms with Crippen LogP contribution in [0.15, 0.2) is 36.0 Å². The van der Waals surface area contributed by atoms with E-state index < -0.39 is 0 Å². The molecule has 7 heteroatoms. The standard InChI is InChI=1S/C23H34N4O3/c1-18(2)30-22-8-4-3-7-21(22)26-13-11-25(12-14-26)16-19(24)15-20(28)17-27-10-6-5-9-23(27)29/h3-4,7-8,15,18H,5-6,9-14,16-17,24H2,1-2H3/b19-15-. The molecule has 0 radical (unpaired) electrons. The molecule has 2 heterocycles. The third-order valence-electron chi connectivity index (χ3n) is 5.46. The molecule has 1 amide bonds. The number of carbonyl (C=O) groups excluding carboxylic acids is 2. The van der Waals surface area contributed by atoms with Crippen molar-refractivity contribution in [1.82, 2.24) is 9.80 Å². The van der Waals surface area contributed by atoms with Gasteiger partial charge in [0.25, 0.3) is 0 Å². The zero-order valence-electron chi connectivity index (χ0n) is 18.2. The van der Waals surface area contributed by atoms with Gasteiger partial charge in [0.2, 0.25) is 5.91 Å². The number of para-hydroxylation sites is 2. The number of anilines is 1. The molecular formula is C23H34N4O3. The highest BCUT2D eigenvalue weighted by atomic mass is 16.5. The van der Waals surface area contributed by atoms with E-state index in [1.807, 2.05) is 32.0 Å². The third kappa shape index (κ3) is 6.23. The summed E-state index contributed by atoms with van der Waals surface area (Å²) in [7, 11) is 0. The maximum absolute atomic E-state index is 12.3. The van der Waals surface area contributed by atoms with Crippen molar-refractivity contribution in [2.45, 2.75) is 39.2 Å². The molecule has 2 N–H and O–H groups in total. The molecule has 0 bridgehead atoms. The first kappa shape index (κ1) is 22.2. The first-order chi connectivity index (χ1) is 14.4. The van der Waals surface area contributed by atoms with Crippen LogP contribution in [0.1, 0.15) is 33.1 Å². The lowest BCUT2D eigenvalue weighted by atomic mass is 10.1. The molecule has 3 rings (SSSR count). The maximum atomic E-state index is 12.3. The Morgan fingerprint density at radius 2 is 1.83 bits per heavy atom. The SMILES string of the molecule is CC(C)Oc1ccccc1N1CCN(C/C(N)=C/C(=O)CN2CCCCC2=O)CC1. The van der Waals surface area contributed by atoms with Gasteiger partial charge in [0, 0.05) is 57.5 Å². The number of piperazine rings is 1. The van der Waals surface area contributed by atoms with E-state index in [-0.39, 0.29) is 24.3 Å². The fourth-order valence-corrected chi connectivity index (χ4v) is 3.99. The summed E-state index contributed by atoms with van der Waals surface area (Å²) in [5.74, 6) is 0.888. The van der Waals surface area contributed by atoms with Crippen molar-refractivity contribution in [2.75, 3.05) is 50.7 Å². The monoisotopic (exact) mass is 414 g/mol. The molecule has 7 nitrogen and oxygen atoms in total. The number of hydrogen-bond donors (Lipinski definition) is 1. The summed E-state index contributed by atoms with van der Waals surface area (Å²) in [6, 6.07) is 8.15. The number of hydrogen-bond acceptors (Lipinski definition) is 6. The van der Waals surface area contributed by atoms with Gasteiger partial charge >= 0.3 is 0 Å². The molecule has 164 valence electrons. The van der Waals surface area contributed by atoms with Crippen LogP contribution in [0.5, 0.6) is 5.75 Å². The van der Waals surface area contributed by atoms with Crippen molar-refractivity contribution in [1.29, 1.82) is 0 Å². The Morgan fingerprint density at radius 3 is 2.53 bits per heavy atom. The molecule has 0 spiro atoms. The quantitative estimate of drug-likeness (QED) is 0.656. The van der Waals surface area contributed by atoms with Crippen molar-refractivity contribution < 1.29 is 14.3 Å². The Morgan fingerprint density at radius 1 is 1.10 bits per heavy atom. The van der Waals surface area contributed by atoms with Gasteiger partial charge in [-0.15, -0.1) is 0 Å². The zero-order chi connectivity index (χ0) is 21.5. The van der Waals surface area contributed by atoms with E-state index >= 15 is 0 Å². The van der Waals surface area contributed by atoms with Crippen LogP contribution < -0.4 is 15.4 Å². The average Bonchev–Trinajstić information content (AvgIpc) is 2.70. The summed E-state index contributed by atoms with van der Waals surface area (Å²) in [6.07, 6.45) is 4.06. The summed E-state index contributed by atoms with van der Waals surface area (Å²) < 4.78 is 5.95. The van der Waals surface area contributed by atoms with Gasteiger partial charge in [-0.25, -0.2) is 0 Å². The van der Waals surface area contributed by atoms with Gasteiger partial charge in [-0.3, -0.25) is 14.5 Å². The van der Waals surface area contributed by atoms with Crippen molar-refractivity contribution in [3.05, 3.63) is 36.0 Å². The van der Waals surface area contributed by atoms with E-state index in [4.69, 9.17) is 10.5 Å². The highest BCUT2D eigenvalue weighted by Gasteiger charge is 2.22. The van der Waals surface area contributed by atoms with Crippen LogP contribution in [-0.4, -0.2) is 73.4 Å². The normalized spacial score (nSPS) is 18.8. The summed E-state index contributed by atoms with van der Waals surface area (Å²) >= 11 is 0. The second kappa shape index (κ2) is 10.5. The number of rotatable bonds is 8. The first-order valence-corrected chi connectivity index (χ1v) is 10.9. The van der Waals surface area contributed by atoms with Crippen LogP contribution in [0, 0.1) is 0 Å². The predicted molar refractivity (Wildman–Crippen MR) is 119 cm³/mol. The van der Waals surface area contributed by atoms with Crippen LogP contribution in [0.25, 0.3) is 0 Å². The predicted octanol–water partition coefficient (Wildman–Crippen LogP) is 2.02.